The number of carboxylic acid groups (broad SMARTS) is 1. The smallest absolute Gasteiger partial charge is 0.310 e. The molecule has 0 aliphatic carbocycles. The van der Waals surface area contributed by atoms with Gasteiger partial charge in [0.1, 0.15) is 5.92 Å². The number of anilines is 1. The highest BCUT2D eigenvalue weighted by molar-refractivity contribution is 5.97. The van der Waals surface area contributed by atoms with Crippen molar-refractivity contribution in [2.24, 2.45) is 11.8 Å². The molecule has 110 valence electrons. The first-order valence-electron chi connectivity index (χ1n) is 6.92. The number of hydrogen-bond acceptors (Lipinski definition) is 3. The highest BCUT2D eigenvalue weighted by Gasteiger charge is 2.53. The van der Waals surface area contributed by atoms with E-state index in [0.717, 1.165) is 16.8 Å². The molecule has 5 heteroatoms. The van der Waals surface area contributed by atoms with Crippen molar-refractivity contribution < 1.29 is 19.4 Å². The van der Waals surface area contributed by atoms with Crippen molar-refractivity contribution in [3.8, 4) is 0 Å². The molecule has 4 atom stereocenters. The van der Waals surface area contributed by atoms with Crippen LogP contribution in [0.4, 0.5) is 5.69 Å². The van der Waals surface area contributed by atoms with Gasteiger partial charge in [0.15, 0.2) is 0 Å². The molecule has 0 aromatic heterocycles. The molecule has 5 nitrogen and oxygen atoms in total. The van der Waals surface area contributed by atoms with Crippen molar-refractivity contribution in [1.82, 2.24) is 0 Å². The molecule has 1 fully saturated rings. The van der Waals surface area contributed by atoms with E-state index in [1.165, 1.54) is 0 Å². The summed E-state index contributed by atoms with van der Waals surface area (Å²) in [7, 11) is 0. The summed E-state index contributed by atoms with van der Waals surface area (Å²) in [6.07, 6.45) is 2.56. The number of benzene rings is 1. The molecular formula is C16H17NO4. The van der Waals surface area contributed by atoms with Crippen LogP contribution in [0.3, 0.4) is 0 Å². The molecule has 2 aliphatic rings. The zero-order chi connectivity index (χ0) is 15.1. The Hall–Kier alpha value is -2.14. The third kappa shape index (κ3) is 2.34. The zero-order valence-corrected chi connectivity index (χ0v) is 11.9. The second-order valence-electron chi connectivity index (χ2n) is 5.65. The predicted molar refractivity (Wildman–Crippen MR) is 77.0 cm³/mol. The van der Waals surface area contributed by atoms with Crippen molar-refractivity contribution in [2.75, 3.05) is 5.32 Å². The number of aliphatic carboxylic acids is 1. The van der Waals surface area contributed by atoms with Crippen LogP contribution in [-0.4, -0.2) is 29.2 Å². The molecular weight excluding hydrogens is 270 g/mol. The SMILES string of the molecule is Cc1ccc(C)c(NC(=O)[C@H]2[C@@H](C(=O)O)[C@H]3C=C[C@@H]2O3)c1. The molecule has 2 aliphatic heterocycles. The molecule has 1 amide bonds. The number of fused-ring (bicyclic) bond motifs is 2. The summed E-state index contributed by atoms with van der Waals surface area (Å²) in [5.74, 6) is -2.79. The maximum Gasteiger partial charge on any atom is 0.310 e. The number of rotatable bonds is 3. The van der Waals surface area contributed by atoms with Gasteiger partial charge in [-0.2, -0.15) is 0 Å². The standard InChI is InChI=1S/C16H17NO4/c1-8-3-4-9(2)10(7-8)17-15(18)13-11-5-6-12(21-11)14(13)16(19)20/h3-7,11-14H,1-2H3,(H,17,18)(H,19,20)/t11-,12+,13+,14-/m0/s1. The molecule has 2 N–H and O–H groups in total. The van der Waals surface area contributed by atoms with Gasteiger partial charge < -0.3 is 15.2 Å². The Morgan fingerprint density at radius 3 is 2.48 bits per heavy atom. The molecule has 0 radical (unpaired) electrons. The van der Waals surface area contributed by atoms with Gasteiger partial charge in [0, 0.05) is 5.69 Å². The molecule has 2 bridgehead atoms. The van der Waals surface area contributed by atoms with Crippen LogP contribution in [0.15, 0.2) is 30.4 Å². The van der Waals surface area contributed by atoms with E-state index in [-0.39, 0.29) is 5.91 Å². The molecule has 1 aromatic rings. The summed E-state index contributed by atoms with van der Waals surface area (Å²) in [5, 5.41) is 12.2. The number of aryl methyl sites for hydroxylation is 2. The van der Waals surface area contributed by atoms with E-state index in [1.807, 2.05) is 32.0 Å². The molecule has 0 spiro atoms. The number of carboxylic acids is 1. The van der Waals surface area contributed by atoms with Gasteiger partial charge in [-0.3, -0.25) is 9.59 Å². The first-order chi connectivity index (χ1) is 9.97. The summed E-state index contributed by atoms with van der Waals surface area (Å²) in [6, 6.07) is 5.78. The highest BCUT2D eigenvalue weighted by Crippen LogP contribution is 2.40. The molecule has 3 rings (SSSR count). The quantitative estimate of drug-likeness (QED) is 0.833. The minimum atomic E-state index is -0.993. The Morgan fingerprint density at radius 2 is 1.81 bits per heavy atom. The van der Waals surface area contributed by atoms with Crippen molar-refractivity contribution in [2.45, 2.75) is 26.1 Å². The lowest BCUT2D eigenvalue weighted by molar-refractivity contribution is -0.145. The Balaban J connectivity index is 1.83. The van der Waals surface area contributed by atoms with Crippen LogP contribution < -0.4 is 5.32 Å². The first-order valence-corrected chi connectivity index (χ1v) is 6.92. The third-order valence-corrected chi connectivity index (χ3v) is 4.14. The van der Waals surface area contributed by atoms with Gasteiger partial charge >= 0.3 is 5.97 Å². The summed E-state index contributed by atoms with van der Waals surface area (Å²) < 4.78 is 5.52. The highest BCUT2D eigenvalue weighted by atomic mass is 16.5. The molecule has 2 heterocycles. The van der Waals surface area contributed by atoms with Gasteiger partial charge in [0.25, 0.3) is 0 Å². The average molecular weight is 287 g/mol. The number of carbonyl (C=O) groups is 2. The number of carbonyl (C=O) groups excluding carboxylic acids is 1. The van der Waals surface area contributed by atoms with Crippen molar-refractivity contribution in [1.29, 1.82) is 0 Å². The van der Waals surface area contributed by atoms with Crippen LogP contribution >= 0.6 is 0 Å². The number of amides is 1. The lowest BCUT2D eigenvalue weighted by Gasteiger charge is -2.21. The van der Waals surface area contributed by atoms with Crippen molar-refractivity contribution in [3.05, 3.63) is 41.5 Å². The maximum atomic E-state index is 12.5. The van der Waals surface area contributed by atoms with Gasteiger partial charge in [-0.25, -0.2) is 0 Å². The van der Waals surface area contributed by atoms with E-state index < -0.39 is 30.0 Å². The van der Waals surface area contributed by atoms with E-state index >= 15 is 0 Å². The van der Waals surface area contributed by atoms with E-state index in [4.69, 9.17) is 4.74 Å². The largest absolute Gasteiger partial charge is 0.481 e. The lowest BCUT2D eigenvalue weighted by Crippen LogP contribution is -2.39. The molecule has 21 heavy (non-hydrogen) atoms. The second kappa shape index (κ2) is 5.00. The Bertz CT molecular complexity index is 637. The fraction of sp³-hybridized carbons (Fsp3) is 0.375. The molecule has 0 unspecified atom stereocenters. The summed E-state index contributed by atoms with van der Waals surface area (Å²) >= 11 is 0. The average Bonchev–Trinajstić information content (AvgIpc) is 3.03. The fourth-order valence-electron chi connectivity index (χ4n) is 3.00. The van der Waals surface area contributed by atoms with Gasteiger partial charge in [-0.1, -0.05) is 24.3 Å². The number of nitrogens with one attached hydrogen (secondary N) is 1. The van der Waals surface area contributed by atoms with Gasteiger partial charge in [0.05, 0.1) is 18.1 Å². The van der Waals surface area contributed by atoms with Crippen LogP contribution in [0.1, 0.15) is 11.1 Å². The Morgan fingerprint density at radius 1 is 1.14 bits per heavy atom. The van der Waals surface area contributed by atoms with Gasteiger partial charge in [-0.15, -0.1) is 0 Å². The van der Waals surface area contributed by atoms with Crippen LogP contribution in [0.2, 0.25) is 0 Å². The molecule has 0 saturated carbocycles. The fourth-order valence-corrected chi connectivity index (χ4v) is 3.00. The second-order valence-corrected chi connectivity index (χ2v) is 5.65. The Kier molecular flexibility index (Phi) is 3.29. The zero-order valence-electron chi connectivity index (χ0n) is 11.9. The Labute approximate surface area is 122 Å². The van der Waals surface area contributed by atoms with Crippen LogP contribution in [0.25, 0.3) is 0 Å². The van der Waals surface area contributed by atoms with Crippen molar-refractivity contribution in [3.63, 3.8) is 0 Å². The summed E-state index contributed by atoms with van der Waals surface area (Å²) in [5.41, 5.74) is 2.70. The van der Waals surface area contributed by atoms with Gasteiger partial charge in [0.2, 0.25) is 5.91 Å². The topological polar surface area (TPSA) is 75.6 Å². The minimum absolute atomic E-state index is 0.298. The summed E-state index contributed by atoms with van der Waals surface area (Å²) in [4.78, 5) is 23.9. The number of hydrogen-bond donors (Lipinski definition) is 2. The molecule has 1 aromatic carbocycles. The minimum Gasteiger partial charge on any atom is -0.481 e. The monoisotopic (exact) mass is 287 g/mol. The lowest BCUT2D eigenvalue weighted by atomic mass is 9.82. The van der Waals surface area contributed by atoms with Gasteiger partial charge in [-0.05, 0) is 31.0 Å². The predicted octanol–water partition coefficient (Wildman–Crippen LogP) is 1.90. The van der Waals surface area contributed by atoms with E-state index in [9.17, 15) is 14.7 Å². The molecule has 1 saturated heterocycles. The van der Waals surface area contributed by atoms with E-state index in [2.05, 4.69) is 5.32 Å². The van der Waals surface area contributed by atoms with Crippen LogP contribution in [0.5, 0.6) is 0 Å². The third-order valence-electron chi connectivity index (χ3n) is 4.14. The van der Waals surface area contributed by atoms with Crippen molar-refractivity contribution >= 4 is 17.6 Å². The summed E-state index contributed by atoms with van der Waals surface area (Å²) in [6.45, 7) is 3.85. The van der Waals surface area contributed by atoms with Crippen LogP contribution in [0, 0.1) is 25.7 Å². The normalized spacial score (nSPS) is 29.6. The van der Waals surface area contributed by atoms with E-state index in [0.29, 0.717) is 0 Å². The van der Waals surface area contributed by atoms with E-state index in [1.54, 1.807) is 12.2 Å². The van der Waals surface area contributed by atoms with Crippen LogP contribution in [-0.2, 0) is 14.3 Å². The number of ether oxygens (including phenoxy) is 1. The maximum absolute atomic E-state index is 12.5. The first kappa shape index (κ1) is 13.8.